The molecule has 0 atom stereocenters. The zero-order chi connectivity index (χ0) is 18.2. The van der Waals surface area contributed by atoms with Crippen LogP contribution >= 0.6 is 35.3 Å². The lowest BCUT2D eigenvalue weighted by Gasteiger charge is -2.13. The predicted molar refractivity (Wildman–Crippen MR) is 121 cm³/mol. The Labute approximate surface area is 182 Å². The molecule has 0 aromatic carbocycles. The van der Waals surface area contributed by atoms with Crippen molar-refractivity contribution in [2.75, 3.05) is 13.6 Å². The number of halogens is 1. The molecule has 1 saturated carbocycles. The van der Waals surface area contributed by atoms with Gasteiger partial charge in [-0.25, -0.2) is 9.97 Å². The van der Waals surface area contributed by atoms with Gasteiger partial charge in [-0.3, -0.25) is 4.99 Å². The Balaban J connectivity index is 0.00000261. The smallest absolute Gasteiger partial charge is 0.213 e. The Hall–Kier alpha value is -1.42. The maximum atomic E-state index is 5.90. The van der Waals surface area contributed by atoms with Crippen LogP contribution in [0.1, 0.15) is 41.1 Å². The minimum atomic E-state index is 0. The molecule has 3 rings (SSSR count). The molecule has 0 bridgehead atoms. The molecule has 27 heavy (non-hydrogen) atoms. The molecule has 2 N–H and O–H groups in total. The van der Waals surface area contributed by atoms with Crippen LogP contribution in [0.4, 0.5) is 0 Å². The molecule has 2 heterocycles. The van der Waals surface area contributed by atoms with Gasteiger partial charge < -0.3 is 15.4 Å². The minimum absolute atomic E-state index is 0. The number of nitrogens with zero attached hydrogens (tertiary/aromatic N) is 3. The number of guanidine groups is 1. The Bertz CT molecular complexity index is 713. The van der Waals surface area contributed by atoms with Crippen molar-refractivity contribution in [3.8, 4) is 5.88 Å². The molecule has 1 aliphatic carbocycles. The van der Waals surface area contributed by atoms with E-state index in [-0.39, 0.29) is 24.0 Å². The summed E-state index contributed by atoms with van der Waals surface area (Å²) in [4.78, 5) is 14.3. The first-order valence-corrected chi connectivity index (χ1v) is 10.0. The van der Waals surface area contributed by atoms with Gasteiger partial charge in [-0.2, -0.15) is 0 Å². The summed E-state index contributed by atoms with van der Waals surface area (Å²) >= 11 is 1.74. The maximum Gasteiger partial charge on any atom is 0.213 e. The van der Waals surface area contributed by atoms with Crippen LogP contribution in [0.3, 0.4) is 0 Å². The number of rotatable bonds is 7. The molecule has 0 aliphatic heterocycles. The molecule has 6 nitrogen and oxygen atoms in total. The highest BCUT2D eigenvalue weighted by molar-refractivity contribution is 14.0. The fourth-order valence-electron chi connectivity index (χ4n) is 2.97. The summed E-state index contributed by atoms with van der Waals surface area (Å²) in [6, 6.07) is 4.01. The molecule has 1 fully saturated rings. The molecular formula is C19H28IN5OS. The molecule has 0 saturated heterocycles. The molecule has 2 aromatic rings. The van der Waals surface area contributed by atoms with E-state index in [0.717, 1.165) is 48.2 Å². The Morgan fingerprint density at radius 2 is 2.04 bits per heavy atom. The quantitative estimate of drug-likeness (QED) is 0.344. The number of hydrogen-bond acceptors (Lipinski definition) is 5. The van der Waals surface area contributed by atoms with Gasteiger partial charge in [0, 0.05) is 49.9 Å². The van der Waals surface area contributed by atoms with Crippen LogP contribution in [0.2, 0.25) is 0 Å². The van der Waals surface area contributed by atoms with E-state index in [1.54, 1.807) is 18.4 Å². The second-order valence-electron chi connectivity index (χ2n) is 6.50. The van der Waals surface area contributed by atoms with E-state index in [1.165, 1.54) is 17.7 Å². The van der Waals surface area contributed by atoms with Gasteiger partial charge in [-0.05, 0) is 38.2 Å². The summed E-state index contributed by atoms with van der Waals surface area (Å²) in [5, 5.41) is 7.77. The van der Waals surface area contributed by atoms with Crippen molar-refractivity contribution >= 4 is 41.3 Å². The lowest BCUT2D eigenvalue weighted by Crippen LogP contribution is -2.37. The first kappa shape index (κ1) is 21.9. The highest BCUT2D eigenvalue weighted by atomic mass is 127. The molecule has 8 heteroatoms. The number of aromatic nitrogens is 2. The van der Waals surface area contributed by atoms with Gasteiger partial charge in [-0.15, -0.1) is 35.3 Å². The summed E-state index contributed by atoms with van der Waals surface area (Å²) in [6.45, 7) is 3.55. The third kappa shape index (κ3) is 7.25. The fraction of sp³-hybridized carbons (Fsp3) is 0.526. The number of pyridine rings is 1. The largest absolute Gasteiger partial charge is 0.474 e. The SMILES string of the molecule is CN=C(NCCc1ncc(C)s1)NCc1ccc(OC2CCCC2)nc1.I. The van der Waals surface area contributed by atoms with Gasteiger partial charge in [-0.1, -0.05) is 6.07 Å². The normalized spacial score (nSPS) is 14.7. The van der Waals surface area contributed by atoms with Gasteiger partial charge in [0.25, 0.3) is 0 Å². The van der Waals surface area contributed by atoms with Crippen molar-refractivity contribution in [2.24, 2.45) is 4.99 Å². The highest BCUT2D eigenvalue weighted by Gasteiger charge is 2.16. The molecule has 2 aromatic heterocycles. The van der Waals surface area contributed by atoms with E-state index in [1.807, 2.05) is 18.5 Å². The third-order valence-corrected chi connectivity index (χ3v) is 5.34. The molecule has 1 aliphatic rings. The summed E-state index contributed by atoms with van der Waals surface area (Å²) < 4.78 is 5.90. The first-order valence-electron chi connectivity index (χ1n) is 9.20. The van der Waals surface area contributed by atoms with Crippen molar-refractivity contribution in [3.05, 3.63) is 40.0 Å². The second-order valence-corrected chi connectivity index (χ2v) is 7.82. The lowest BCUT2D eigenvalue weighted by atomic mass is 10.3. The van der Waals surface area contributed by atoms with E-state index >= 15 is 0 Å². The topological polar surface area (TPSA) is 71.4 Å². The van der Waals surface area contributed by atoms with Gasteiger partial charge >= 0.3 is 0 Å². The Morgan fingerprint density at radius 1 is 1.22 bits per heavy atom. The maximum absolute atomic E-state index is 5.90. The van der Waals surface area contributed by atoms with Crippen molar-refractivity contribution in [3.63, 3.8) is 0 Å². The number of ether oxygens (including phenoxy) is 1. The van der Waals surface area contributed by atoms with Gasteiger partial charge in [0.05, 0.1) is 5.01 Å². The second kappa shape index (κ2) is 11.4. The predicted octanol–water partition coefficient (Wildman–Crippen LogP) is 3.69. The number of aliphatic imine (C=N–C) groups is 1. The molecule has 0 radical (unpaired) electrons. The van der Waals surface area contributed by atoms with Crippen LogP contribution in [0, 0.1) is 6.92 Å². The van der Waals surface area contributed by atoms with Crippen LogP contribution in [-0.2, 0) is 13.0 Å². The van der Waals surface area contributed by atoms with Crippen LogP contribution in [-0.4, -0.2) is 35.6 Å². The molecular weight excluding hydrogens is 473 g/mol. The van der Waals surface area contributed by atoms with Crippen LogP contribution in [0.5, 0.6) is 5.88 Å². The van der Waals surface area contributed by atoms with E-state index in [0.29, 0.717) is 12.6 Å². The lowest BCUT2D eigenvalue weighted by molar-refractivity contribution is 0.201. The number of hydrogen-bond donors (Lipinski definition) is 2. The minimum Gasteiger partial charge on any atom is -0.474 e. The van der Waals surface area contributed by atoms with E-state index in [4.69, 9.17) is 4.74 Å². The first-order chi connectivity index (χ1) is 12.7. The third-order valence-electron chi connectivity index (χ3n) is 4.37. The van der Waals surface area contributed by atoms with Crippen LogP contribution in [0.15, 0.2) is 29.5 Å². The number of aryl methyl sites for hydroxylation is 1. The molecule has 148 valence electrons. The van der Waals surface area contributed by atoms with Crippen molar-refractivity contribution < 1.29 is 4.74 Å². The van der Waals surface area contributed by atoms with Crippen molar-refractivity contribution in [1.29, 1.82) is 0 Å². The van der Waals surface area contributed by atoms with Crippen molar-refractivity contribution in [1.82, 2.24) is 20.6 Å². The van der Waals surface area contributed by atoms with Gasteiger partial charge in [0.2, 0.25) is 5.88 Å². The Kier molecular flexibility index (Phi) is 9.26. The van der Waals surface area contributed by atoms with Gasteiger partial charge in [0.15, 0.2) is 5.96 Å². The molecule has 0 spiro atoms. The van der Waals surface area contributed by atoms with Crippen LogP contribution in [0.25, 0.3) is 0 Å². The number of thiazole rings is 1. The summed E-state index contributed by atoms with van der Waals surface area (Å²) in [5.41, 5.74) is 1.10. The average Bonchev–Trinajstić information content (AvgIpc) is 3.31. The molecule has 0 unspecified atom stereocenters. The zero-order valence-corrected chi connectivity index (χ0v) is 19.0. The zero-order valence-electron chi connectivity index (χ0n) is 15.9. The van der Waals surface area contributed by atoms with E-state index in [9.17, 15) is 0 Å². The fourth-order valence-corrected chi connectivity index (χ4v) is 3.76. The van der Waals surface area contributed by atoms with Crippen molar-refractivity contribution in [2.45, 2.75) is 51.7 Å². The summed E-state index contributed by atoms with van der Waals surface area (Å²) in [5.74, 6) is 1.51. The van der Waals surface area contributed by atoms with Gasteiger partial charge in [0.1, 0.15) is 6.10 Å². The highest BCUT2D eigenvalue weighted by Crippen LogP contribution is 2.22. The van der Waals surface area contributed by atoms with E-state index in [2.05, 4.69) is 38.6 Å². The van der Waals surface area contributed by atoms with E-state index < -0.39 is 0 Å². The number of nitrogens with one attached hydrogen (secondary N) is 2. The van der Waals surface area contributed by atoms with Crippen LogP contribution < -0.4 is 15.4 Å². The summed E-state index contributed by atoms with van der Waals surface area (Å²) in [7, 11) is 1.78. The monoisotopic (exact) mass is 501 g/mol. The summed E-state index contributed by atoms with van der Waals surface area (Å²) in [6.07, 6.45) is 9.84. The Morgan fingerprint density at radius 3 is 2.67 bits per heavy atom. The standard InChI is InChI=1S/C19H27N5OS.HI/c1-14-11-23-18(26-14)9-10-21-19(20-2)24-13-15-7-8-17(22-12-15)25-16-5-3-4-6-16;/h7-8,11-12,16H,3-6,9-10,13H2,1-2H3,(H2,20,21,24);1H. The average molecular weight is 501 g/mol. The molecule has 0 amide bonds.